The summed E-state index contributed by atoms with van der Waals surface area (Å²) in [4.78, 5) is 11.9. The van der Waals surface area contributed by atoms with E-state index in [1.165, 1.54) is 11.1 Å². The van der Waals surface area contributed by atoms with Crippen LogP contribution in [0.1, 0.15) is 24.5 Å². The number of carbonyl (C=O) groups excluding carboxylic acids is 1. The van der Waals surface area contributed by atoms with Crippen molar-refractivity contribution in [3.63, 3.8) is 0 Å². The van der Waals surface area contributed by atoms with E-state index in [-0.39, 0.29) is 12.5 Å². The van der Waals surface area contributed by atoms with Crippen molar-refractivity contribution in [2.45, 2.75) is 26.2 Å². The summed E-state index contributed by atoms with van der Waals surface area (Å²) in [6, 6.07) is 13.9. The zero-order chi connectivity index (χ0) is 18.1. The normalized spacial score (nSPS) is 10.4. The van der Waals surface area contributed by atoms with Gasteiger partial charge in [0, 0.05) is 6.54 Å². The van der Waals surface area contributed by atoms with Gasteiger partial charge in [0.15, 0.2) is 6.61 Å². The van der Waals surface area contributed by atoms with Crippen molar-refractivity contribution in [3.8, 4) is 11.5 Å². The quantitative estimate of drug-likeness (QED) is 0.637. The number of halogens is 1. The van der Waals surface area contributed by atoms with Crippen LogP contribution in [0.25, 0.3) is 0 Å². The van der Waals surface area contributed by atoms with E-state index in [2.05, 4.69) is 34.2 Å². The number of amides is 1. The molecule has 1 N–H and O–H groups in total. The summed E-state index contributed by atoms with van der Waals surface area (Å²) in [5.74, 6) is 1.43. The number of aryl methyl sites for hydroxylation is 2. The van der Waals surface area contributed by atoms with Gasteiger partial charge < -0.3 is 14.8 Å². The lowest BCUT2D eigenvalue weighted by Crippen LogP contribution is -2.30. The number of ether oxygens (including phenoxy) is 2. The molecular formula is C20H24BrNO3. The van der Waals surface area contributed by atoms with Crippen LogP contribution in [0.2, 0.25) is 0 Å². The lowest BCUT2D eigenvalue weighted by Gasteiger charge is -2.10. The SMILES string of the molecule is CCc1ccc(OCC(=O)NCCCc2cccc(OC)c2)c(Br)c1. The van der Waals surface area contributed by atoms with Gasteiger partial charge in [-0.2, -0.15) is 0 Å². The minimum atomic E-state index is -0.114. The summed E-state index contributed by atoms with van der Waals surface area (Å²) in [6.07, 6.45) is 2.73. The molecule has 1 amide bonds. The second-order valence-electron chi connectivity index (χ2n) is 5.71. The van der Waals surface area contributed by atoms with Gasteiger partial charge in [-0.3, -0.25) is 4.79 Å². The van der Waals surface area contributed by atoms with Crippen LogP contribution in [0.3, 0.4) is 0 Å². The molecule has 0 unspecified atom stereocenters. The standard InChI is InChI=1S/C20H24BrNO3/c1-3-15-9-10-19(18(21)13-15)25-14-20(23)22-11-5-7-16-6-4-8-17(12-16)24-2/h4,6,8-10,12-13H,3,5,7,11,14H2,1-2H3,(H,22,23). The summed E-state index contributed by atoms with van der Waals surface area (Å²) in [5, 5.41) is 2.88. The number of carbonyl (C=O) groups is 1. The molecule has 0 spiro atoms. The maximum Gasteiger partial charge on any atom is 0.257 e. The highest BCUT2D eigenvalue weighted by Gasteiger charge is 2.06. The third kappa shape index (κ3) is 6.42. The molecule has 0 aliphatic heterocycles. The third-order valence-corrected chi connectivity index (χ3v) is 4.48. The molecule has 0 fully saturated rings. The second kappa shape index (κ2) is 10.1. The van der Waals surface area contributed by atoms with E-state index in [0.29, 0.717) is 12.3 Å². The molecule has 0 bridgehead atoms. The van der Waals surface area contributed by atoms with Crippen LogP contribution < -0.4 is 14.8 Å². The number of hydrogen-bond acceptors (Lipinski definition) is 3. The van der Waals surface area contributed by atoms with Crippen molar-refractivity contribution in [1.82, 2.24) is 5.32 Å². The second-order valence-corrected chi connectivity index (χ2v) is 6.57. The first kappa shape index (κ1) is 19.3. The van der Waals surface area contributed by atoms with Gasteiger partial charge in [-0.15, -0.1) is 0 Å². The molecule has 0 aliphatic rings. The Morgan fingerprint density at radius 1 is 1.16 bits per heavy atom. The molecule has 25 heavy (non-hydrogen) atoms. The van der Waals surface area contributed by atoms with Crippen molar-refractivity contribution in [2.75, 3.05) is 20.3 Å². The lowest BCUT2D eigenvalue weighted by atomic mass is 10.1. The molecule has 0 aromatic heterocycles. The summed E-state index contributed by atoms with van der Waals surface area (Å²) < 4.78 is 11.6. The van der Waals surface area contributed by atoms with Gasteiger partial charge in [0.25, 0.3) is 5.91 Å². The first-order valence-electron chi connectivity index (χ1n) is 8.43. The fourth-order valence-electron chi connectivity index (χ4n) is 2.42. The minimum Gasteiger partial charge on any atom is -0.497 e. The van der Waals surface area contributed by atoms with Crippen molar-refractivity contribution in [3.05, 3.63) is 58.1 Å². The number of nitrogens with one attached hydrogen (secondary N) is 1. The average Bonchev–Trinajstić information content (AvgIpc) is 2.64. The number of benzene rings is 2. The summed E-state index contributed by atoms with van der Waals surface area (Å²) in [7, 11) is 1.66. The van der Waals surface area contributed by atoms with E-state index < -0.39 is 0 Å². The fourth-order valence-corrected chi connectivity index (χ4v) is 2.96. The maximum absolute atomic E-state index is 11.9. The monoisotopic (exact) mass is 405 g/mol. The Bertz CT molecular complexity index is 703. The van der Waals surface area contributed by atoms with E-state index in [1.807, 2.05) is 36.4 Å². The molecule has 0 radical (unpaired) electrons. The predicted molar refractivity (Wildman–Crippen MR) is 103 cm³/mol. The summed E-state index contributed by atoms with van der Waals surface area (Å²) in [5.41, 5.74) is 2.42. The van der Waals surface area contributed by atoms with Crippen LogP contribution in [0.5, 0.6) is 11.5 Å². The van der Waals surface area contributed by atoms with Crippen molar-refractivity contribution < 1.29 is 14.3 Å². The Kier molecular flexibility index (Phi) is 7.79. The Morgan fingerprint density at radius 3 is 2.72 bits per heavy atom. The number of methoxy groups -OCH3 is 1. The third-order valence-electron chi connectivity index (χ3n) is 3.86. The molecule has 5 heteroatoms. The van der Waals surface area contributed by atoms with Crippen LogP contribution >= 0.6 is 15.9 Å². The van der Waals surface area contributed by atoms with Gasteiger partial charge in [-0.05, 0) is 70.6 Å². The molecule has 0 atom stereocenters. The zero-order valence-electron chi connectivity index (χ0n) is 14.7. The lowest BCUT2D eigenvalue weighted by molar-refractivity contribution is -0.123. The van der Waals surface area contributed by atoms with Crippen LogP contribution in [0.15, 0.2) is 46.9 Å². The molecule has 2 aromatic carbocycles. The molecule has 0 saturated heterocycles. The Balaban J connectivity index is 1.68. The van der Waals surface area contributed by atoms with E-state index in [1.54, 1.807) is 7.11 Å². The van der Waals surface area contributed by atoms with E-state index in [0.717, 1.165) is 29.5 Å². The molecule has 4 nitrogen and oxygen atoms in total. The molecule has 2 aromatic rings. The topological polar surface area (TPSA) is 47.6 Å². The highest BCUT2D eigenvalue weighted by atomic mass is 79.9. The van der Waals surface area contributed by atoms with Gasteiger partial charge >= 0.3 is 0 Å². The van der Waals surface area contributed by atoms with E-state index >= 15 is 0 Å². The van der Waals surface area contributed by atoms with E-state index in [4.69, 9.17) is 9.47 Å². The number of hydrogen-bond donors (Lipinski definition) is 1. The molecule has 134 valence electrons. The Labute approximate surface area is 157 Å². The Morgan fingerprint density at radius 2 is 2.00 bits per heavy atom. The van der Waals surface area contributed by atoms with Gasteiger partial charge in [0.1, 0.15) is 11.5 Å². The maximum atomic E-state index is 11.9. The van der Waals surface area contributed by atoms with Crippen molar-refractivity contribution in [1.29, 1.82) is 0 Å². The summed E-state index contributed by atoms with van der Waals surface area (Å²) >= 11 is 3.47. The van der Waals surface area contributed by atoms with Crippen LogP contribution in [0.4, 0.5) is 0 Å². The van der Waals surface area contributed by atoms with E-state index in [9.17, 15) is 4.79 Å². The van der Waals surface area contributed by atoms with Gasteiger partial charge in [-0.25, -0.2) is 0 Å². The van der Waals surface area contributed by atoms with Gasteiger partial charge in [0.05, 0.1) is 11.6 Å². The average molecular weight is 406 g/mol. The molecular weight excluding hydrogens is 382 g/mol. The molecule has 0 aliphatic carbocycles. The van der Waals surface area contributed by atoms with Crippen LogP contribution in [-0.4, -0.2) is 26.2 Å². The highest BCUT2D eigenvalue weighted by molar-refractivity contribution is 9.10. The van der Waals surface area contributed by atoms with Crippen molar-refractivity contribution in [2.24, 2.45) is 0 Å². The molecule has 0 saturated carbocycles. The van der Waals surface area contributed by atoms with Gasteiger partial charge in [-0.1, -0.05) is 25.1 Å². The summed E-state index contributed by atoms with van der Waals surface area (Å²) in [6.45, 7) is 2.74. The first-order valence-corrected chi connectivity index (χ1v) is 9.22. The smallest absolute Gasteiger partial charge is 0.257 e. The molecule has 2 rings (SSSR count). The van der Waals surface area contributed by atoms with Gasteiger partial charge in [0.2, 0.25) is 0 Å². The van der Waals surface area contributed by atoms with Crippen LogP contribution in [-0.2, 0) is 17.6 Å². The predicted octanol–water partition coefficient (Wildman–Crippen LogP) is 4.15. The highest BCUT2D eigenvalue weighted by Crippen LogP contribution is 2.26. The zero-order valence-corrected chi connectivity index (χ0v) is 16.3. The first-order chi connectivity index (χ1) is 12.1. The Hall–Kier alpha value is -2.01. The minimum absolute atomic E-state index is 0.0171. The number of rotatable bonds is 9. The largest absolute Gasteiger partial charge is 0.497 e. The van der Waals surface area contributed by atoms with Crippen LogP contribution in [0, 0.1) is 0 Å². The van der Waals surface area contributed by atoms with Crippen molar-refractivity contribution >= 4 is 21.8 Å². The molecule has 0 heterocycles. The fraction of sp³-hybridized carbons (Fsp3) is 0.350.